The number of unbranched alkanes of at least 4 members (excludes halogenated alkanes) is 1. The molecule has 0 aliphatic carbocycles. The van der Waals surface area contributed by atoms with Crippen molar-refractivity contribution < 1.29 is 19.7 Å². The maximum absolute atomic E-state index is 13.0. The first kappa shape index (κ1) is 20.3. The van der Waals surface area contributed by atoms with Crippen LogP contribution in [0.5, 0.6) is 17.2 Å². The van der Waals surface area contributed by atoms with Crippen LogP contribution in [0, 0.1) is 11.3 Å². The first-order chi connectivity index (χ1) is 16.1. The van der Waals surface area contributed by atoms with E-state index in [1.807, 2.05) is 36.4 Å². The largest absolute Gasteiger partial charge is 0.508 e. The molecule has 7 nitrogen and oxygen atoms in total. The van der Waals surface area contributed by atoms with E-state index >= 15 is 0 Å². The molecule has 5 rings (SSSR count). The van der Waals surface area contributed by atoms with Crippen molar-refractivity contribution in [2.75, 3.05) is 0 Å². The minimum absolute atomic E-state index is 0.0275. The van der Waals surface area contributed by atoms with Gasteiger partial charge in [-0.05, 0) is 30.7 Å². The van der Waals surface area contributed by atoms with Gasteiger partial charge < -0.3 is 19.5 Å². The minimum Gasteiger partial charge on any atom is -0.508 e. The van der Waals surface area contributed by atoms with E-state index in [2.05, 4.69) is 15.6 Å². The molecule has 0 radical (unpaired) electrons. The molecule has 3 heterocycles. The highest BCUT2D eigenvalue weighted by atomic mass is 16.5. The number of phenolic OH excluding ortho intramolecular Hbond substituents is 2. The van der Waals surface area contributed by atoms with E-state index in [1.165, 1.54) is 6.07 Å². The van der Waals surface area contributed by atoms with E-state index in [9.17, 15) is 15.0 Å². The summed E-state index contributed by atoms with van der Waals surface area (Å²) in [5.41, 5.74) is 3.48. The normalized spacial score (nSPS) is 13.8. The van der Waals surface area contributed by atoms with Crippen LogP contribution in [0.15, 0.2) is 66.7 Å². The number of aryl methyl sites for hydroxylation is 1. The van der Waals surface area contributed by atoms with Gasteiger partial charge in [0.05, 0.1) is 11.8 Å². The molecule has 1 aliphatic heterocycles. The third kappa shape index (κ3) is 3.48. The van der Waals surface area contributed by atoms with Gasteiger partial charge in [0.2, 0.25) is 5.78 Å². The fraction of sp³-hybridized carbons (Fsp3) is 0.115. The summed E-state index contributed by atoms with van der Waals surface area (Å²) >= 11 is 0. The van der Waals surface area contributed by atoms with Gasteiger partial charge >= 0.3 is 0 Å². The second kappa shape index (κ2) is 8.17. The molecule has 7 heteroatoms. The second-order valence-electron chi connectivity index (χ2n) is 7.71. The monoisotopic (exact) mass is 437 g/mol. The molecule has 162 valence electrons. The molecule has 0 fully saturated rings. The van der Waals surface area contributed by atoms with Crippen LogP contribution in [0.2, 0.25) is 0 Å². The number of phenols is 2. The number of allylic oxidation sites excluding steroid dienone is 1. The van der Waals surface area contributed by atoms with Gasteiger partial charge in [-0.1, -0.05) is 18.2 Å². The molecule has 2 aromatic carbocycles. The van der Waals surface area contributed by atoms with Crippen molar-refractivity contribution in [1.82, 2.24) is 9.55 Å². The Kier molecular flexibility index (Phi) is 5.04. The maximum atomic E-state index is 13.0. The van der Waals surface area contributed by atoms with E-state index in [1.54, 1.807) is 18.5 Å². The van der Waals surface area contributed by atoms with Crippen LogP contribution < -0.4 is 4.74 Å². The first-order valence-electron chi connectivity index (χ1n) is 10.5. The zero-order valence-electron chi connectivity index (χ0n) is 17.5. The SMILES string of the molecule is N#CCCCn1c(-c2cccnc2)c(/C=C2/Oc3cc(O)cc(O)c3C2=O)c2ccccc21. The molecular weight excluding hydrogens is 418 g/mol. The number of hydrogen-bond donors (Lipinski definition) is 2. The Hall–Kier alpha value is -4.57. The lowest BCUT2D eigenvalue weighted by atomic mass is 10.0. The summed E-state index contributed by atoms with van der Waals surface area (Å²) in [4.78, 5) is 17.3. The molecule has 2 N–H and O–H groups in total. The summed E-state index contributed by atoms with van der Waals surface area (Å²) in [7, 11) is 0. The Bertz CT molecular complexity index is 1460. The lowest BCUT2D eigenvalue weighted by molar-refractivity contribution is 0.101. The van der Waals surface area contributed by atoms with Crippen molar-refractivity contribution in [2.45, 2.75) is 19.4 Å². The van der Waals surface area contributed by atoms with Crippen molar-refractivity contribution in [2.24, 2.45) is 0 Å². The predicted molar refractivity (Wildman–Crippen MR) is 123 cm³/mol. The average molecular weight is 437 g/mol. The topological polar surface area (TPSA) is 108 Å². The zero-order chi connectivity index (χ0) is 22.9. The Labute approximate surface area is 189 Å². The lowest BCUT2D eigenvalue weighted by Crippen LogP contribution is -2.02. The molecule has 0 amide bonds. The van der Waals surface area contributed by atoms with Crippen LogP contribution in [0.4, 0.5) is 0 Å². The summed E-state index contributed by atoms with van der Waals surface area (Å²) in [6, 6.07) is 16.2. The third-order valence-corrected chi connectivity index (χ3v) is 5.63. The molecule has 0 bridgehead atoms. The number of benzene rings is 2. The molecule has 33 heavy (non-hydrogen) atoms. The van der Waals surface area contributed by atoms with Crippen LogP contribution in [-0.2, 0) is 6.54 Å². The number of aromatic hydroxyl groups is 2. The third-order valence-electron chi connectivity index (χ3n) is 5.63. The molecule has 0 saturated carbocycles. The van der Waals surface area contributed by atoms with Crippen molar-refractivity contribution in [3.63, 3.8) is 0 Å². The number of rotatable bonds is 5. The van der Waals surface area contributed by atoms with Crippen LogP contribution in [0.25, 0.3) is 28.2 Å². The van der Waals surface area contributed by atoms with Crippen molar-refractivity contribution in [3.8, 4) is 34.6 Å². The standard InChI is InChI=1S/C26H19N3O4/c27-9-3-4-11-29-20-8-2-1-7-18(20)19(25(29)16-6-5-10-28-15-16)14-23-26(32)24-21(31)12-17(30)13-22(24)33-23/h1-2,5-8,10,12-15,30-31H,3-4,11H2/b23-14+. The highest BCUT2D eigenvalue weighted by Gasteiger charge is 2.32. The molecule has 0 unspecified atom stereocenters. The highest BCUT2D eigenvalue weighted by molar-refractivity contribution is 6.17. The van der Waals surface area contributed by atoms with Gasteiger partial charge in [-0.3, -0.25) is 9.78 Å². The summed E-state index contributed by atoms with van der Waals surface area (Å²) < 4.78 is 7.89. The average Bonchev–Trinajstić information content (AvgIpc) is 3.29. The van der Waals surface area contributed by atoms with Crippen molar-refractivity contribution in [1.29, 1.82) is 5.26 Å². The van der Waals surface area contributed by atoms with Gasteiger partial charge in [0.15, 0.2) is 5.76 Å². The summed E-state index contributed by atoms with van der Waals surface area (Å²) in [5, 5.41) is 29.9. The molecule has 0 saturated heterocycles. The summed E-state index contributed by atoms with van der Waals surface area (Å²) in [6.07, 6.45) is 6.22. The number of carbonyl (C=O) groups excluding carboxylic acids is 1. The van der Waals surface area contributed by atoms with Crippen LogP contribution in [0.1, 0.15) is 28.8 Å². The maximum Gasteiger partial charge on any atom is 0.235 e. The van der Waals surface area contributed by atoms with Crippen LogP contribution in [-0.4, -0.2) is 25.5 Å². The molecule has 1 aliphatic rings. The number of nitrogens with zero attached hydrogens (tertiary/aromatic N) is 3. The lowest BCUT2D eigenvalue weighted by Gasteiger charge is -2.11. The Morgan fingerprint density at radius 3 is 2.79 bits per heavy atom. The number of carbonyl (C=O) groups is 1. The number of pyridine rings is 1. The quantitative estimate of drug-likeness (QED) is 0.335. The van der Waals surface area contributed by atoms with E-state index in [-0.39, 0.29) is 28.6 Å². The van der Waals surface area contributed by atoms with Gasteiger partial charge in [-0.2, -0.15) is 5.26 Å². The molecular formula is C26H19N3O4. The van der Waals surface area contributed by atoms with Crippen LogP contribution >= 0.6 is 0 Å². The first-order valence-corrected chi connectivity index (χ1v) is 10.5. The van der Waals surface area contributed by atoms with E-state index in [4.69, 9.17) is 10.00 Å². The number of ketones is 1. The van der Waals surface area contributed by atoms with Gasteiger partial charge in [0, 0.05) is 59.5 Å². The van der Waals surface area contributed by atoms with E-state index in [0.717, 1.165) is 33.8 Å². The number of fused-ring (bicyclic) bond motifs is 2. The Morgan fingerprint density at radius 2 is 2.00 bits per heavy atom. The second-order valence-corrected chi connectivity index (χ2v) is 7.71. The van der Waals surface area contributed by atoms with E-state index in [0.29, 0.717) is 19.4 Å². The van der Waals surface area contributed by atoms with Gasteiger partial charge in [-0.25, -0.2) is 0 Å². The highest BCUT2D eigenvalue weighted by Crippen LogP contribution is 2.42. The van der Waals surface area contributed by atoms with Gasteiger partial charge in [0.25, 0.3) is 0 Å². The number of hydrogen-bond acceptors (Lipinski definition) is 6. The number of aromatic nitrogens is 2. The number of ether oxygens (including phenoxy) is 1. The predicted octanol–water partition coefficient (Wildman–Crippen LogP) is 5.03. The molecule has 2 aromatic heterocycles. The van der Waals surface area contributed by atoms with Crippen LogP contribution in [0.3, 0.4) is 0 Å². The molecule has 0 spiro atoms. The number of Topliss-reactive ketones (excluding diaryl/α,β-unsaturated/α-hetero) is 1. The summed E-state index contributed by atoms with van der Waals surface area (Å²) in [5.74, 6) is -0.809. The van der Waals surface area contributed by atoms with Crippen molar-refractivity contribution >= 4 is 22.8 Å². The zero-order valence-corrected chi connectivity index (χ0v) is 17.5. The fourth-order valence-electron chi connectivity index (χ4n) is 4.25. The van der Waals surface area contributed by atoms with Crippen molar-refractivity contribution in [3.05, 3.63) is 77.8 Å². The Morgan fingerprint density at radius 1 is 1.15 bits per heavy atom. The number of nitriles is 1. The minimum atomic E-state index is -0.457. The van der Waals surface area contributed by atoms with Gasteiger partial charge in [0.1, 0.15) is 22.8 Å². The van der Waals surface area contributed by atoms with Gasteiger partial charge in [-0.15, -0.1) is 0 Å². The fourth-order valence-corrected chi connectivity index (χ4v) is 4.25. The molecule has 0 atom stereocenters. The Balaban J connectivity index is 1.73. The summed E-state index contributed by atoms with van der Waals surface area (Å²) in [6.45, 7) is 0.616. The van der Waals surface area contributed by atoms with E-state index < -0.39 is 5.78 Å². The smallest absolute Gasteiger partial charge is 0.235 e. The number of para-hydroxylation sites is 1. The molecule has 4 aromatic rings.